The predicted octanol–water partition coefficient (Wildman–Crippen LogP) is 7.08. The first kappa shape index (κ1) is 35.5. The van der Waals surface area contributed by atoms with Gasteiger partial charge in [-0.2, -0.15) is 12.6 Å². The van der Waals surface area contributed by atoms with Crippen LogP contribution in [0.25, 0.3) is 0 Å². The van der Waals surface area contributed by atoms with Crippen molar-refractivity contribution in [1.82, 2.24) is 15.1 Å². The van der Waals surface area contributed by atoms with Crippen LogP contribution in [0.3, 0.4) is 0 Å². The monoisotopic (exact) mass is 476 g/mol. The van der Waals surface area contributed by atoms with Gasteiger partial charge in [0, 0.05) is 42.6 Å². The van der Waals surface area contributed by atoms with E-state index in [2.05, 4.69) is 73.9 Å². The van der Waals surface area contributed by atoms with Crippen molar-refractivity contribution in [2.75, 3.05) is 38.9 Å². The number of aliphatic imine (C=N–C) groups is 1. The molecule has 0 aromatic heterocycles. The van der Waals surface area contributed by atoms with E-state index in [0.717, 1.165) is 46.2 Å². The topological polar surface area (TPSA) is 30.9 Å². The van der Waals surface area contributed by atoms with Crippen LogP contribution in [0.1, 0.15) is 94.9 Å². The maximum absolute atomic E-state index is 4.66. The molecule has 0 radical (unpaired) electrons. The van der Waals surface area contributed by atoms with Gasteiger partial charge in [0.2, 0.25) is 0 Å². The van der Waals surface area contributed by atoms with Gasteiger partial charge in [-0.25, -0.2) is 0 Å². The molecule has 0 aromatic rings. The van der Waals surface area contributed by atoms with Gasteiger partial charge in [-0.1, -0.05) is 67.9 Å². The molecule has 3 atom stereocenters. The summed E-state index contributed by atoms with van der Waals surface area (Å²) in [6.45, 7) is 30.5. The van der Waals surface area contributed by atoms with E-state index in [1.165, 1.54) is 38.4 Å². The van der Waals surface area contributed by atoms with Crippen LogP contribution in [-0.2, 0) is 0 Å². The molecule has 1 heterocycles. The molecule has 0 aliphatic carbocycles. The first-order valence-electron chi connectivity index (χ1n) is 12.6. The summed E-state index contributed by atoms with van der Waals surface area (Å²) in [4.78, 5) is 10.3. The number of rotatable bonds is 10. The van der Waals surface area contributed by atoms with E-state index >= 15 is 0 Å². The molecule has 1 fully saturated rings. The molecule has 6 heteroatoms. The highest BCUT2D eigenvalue weighted by molar-refractivity contribution is 7.87. The fourth-order valence-electron chi connectivity index (χ4n) is 2.83. The van der Waals surface area contributed by atoms with Crippen LogP contribution >= 0.6 is 21.2 Å². The lowest BCUT2D eigenvalue weighted by molar-refractivity contribution is 0.0893. The van der Waals surface area contributed by atoms with Crippen molar-refractivity contribution in [3.8, 4) is 0 Å². The summed E-state index contributed by atoms with van der Waals surface area (Å²) in [5.74, 6) is 0. The molecular formula is C25H57N4PS. The second-order valence-corrected chi connectivity index (χ2v) is 10.7. The van der Waals surface area contributed by atoms with Gasteiger partial charge in [0.05, 0.1) is 0 Å². The Morgan fingerprint density at radius 3 is 1.87 bits per heavy atom. The number of hydrogen-bond acceptors (Lipinski definition) is 5. The third-order valence-corrected chi connectivity index (χ3v) is 6.02. The molecule has 31 heavy (non-hydrogen) atoms. The normalized spacial score (nSPS) is 16.0. The smallest absolute Gasteiger partial charge is 0.175 e. The third kappa shape index (κ3) is 24.4. The zero-order valence-corrected chi connectivity index (χ0v) is 24.6. The van der Waals surface area contributed by atoms with Crippen LogP contribution in [0.15, 0.2) is 17.3 Å². The van der Waals surface area contributed by atoms with E-state index in [4.69, 9.17) is 0 Å². The van der Waals surface area contributed by atoms with E-state index in [1.54, 1.807) is 0 Å². The summed E-state index contributed by atoms with van der Waals surface area (Å²) in [5, 5.41) is 3.35. The van der Waals surface area contributed by atoms with Crippen LogP contribution in [-0.4, -0.2) is 65.7 Å². The van der Waals surface area contributed by atoms with Gasteiger partial charge < -0.3 is 10.2 Å². The number of nitrogens with one attached hydrogen (secondary N) is 1. The van der Waals surface area contributed by atoms with Gasteiger partial charge >= 0.3 is 0 Å². The molecule has 3 unspecified atom stereocenters. The van der Waals surface area contributed by atoms with Crippen molar-refractivity contribution in [2.45, 2.75) is 106 Å². The van der Waals surface area contributed by atoms with Crippen LogP contribution < -0.4 is 5.32 Å². The average molecular weight is 477 g/mol. The second kappa shape index (κ2) is 26.2. The Morgan fingerprint density at radius 2 is 1.52 bits per heavy atom. The average Bonchev–Trinajstić information content (AvgIpc) is 2.71. The van der Waals surface area contributed by atoms with Crippen molar-refractivity contribution in [3.05, 3.63) is 12.3 Å². The van der Waals surface area contributed by atoms with Crippen molar-refractivity contribution in [3.63, 3.8) is 0 Å². The summed E-state index contributed by atoms with van der Waals surface area (Å²) < 4.78 is 0. The summed E-state index contributed by atoms with van der Waals surface area (Å²) in [7, 11) is 1.06. The minimum atomic E-state index is 0.0521. The lowest BCUT2D eigenvalue weighted by atomic mass is 10.3. The van der Waals surface area contributed by atoms with E-state index < -0.39 is 0 Å². The molecule has 1 rings (SSSR count). The Balaban J connectivity index is -0.000000503. The molecule has 1 aliphatic rings. The Morgan fingerprint density at radius 1 is 1.00 bits per heavy atom. The third-order valence-electron chi connectivity index (χ3n) is 4.05. The summed E-state index contributed by atoms with van der Waals surface area (Å²) in [5.41, 5.74) is 2.07. The molecule has 1 aliphatic heterocycles. The zero-order chi connectivity index (χ0) is 24.7. The first-order valence-corrected chi connectivity index (χ1v) is 14.4. The first-order chi connectivity index (χ1) is 14.7. The maximum Gasteiger partial charge on any atom is 0.175 e. The van der Waals surface area contributed by atoms with Gasteiger partial charge in [0.15, 0.2) is 6.29 Å². The van der Waals surface area contributed by atoms with Crippen LogP contribution in [0.5, 0.6) is 0 Å². The fourth-order valence-corrected chi connectivity index (χ4v) is 4.60. The fraction of sp³-hybridized carbons (Fsp3) is 0.880. The summed E-state index contributed by atoms with van der Waals surface area (Å²) >= 11 is 4.40. The summed E-state index contributed by atoms with van der Waals surface area (Å²) in [6, 6.07) is 0. The minimum Gasteiger partial charge on any atom is -0.356 e. The highest BCUT2D eigenvalue weighted by atomic mass is 32.1. The molecule has 0 aromatic carbocycles. The Kier molecular flexibility index (Phi) is 30.0. The Bertz CT molecular complexity index is 400. The lowest BCUT2D eigenvalue weighted by Crippen LogP contribution is -2.53. The zero-order valence-electron chi connectivity index (χ0n) is 22.7. The van der Waals surface area contributed by atoms with Crippen LogP contribution in [0.2, 0.25) is 0 Å². The molecule has 0 amide bonds. The molecule has 188 valence electrons. The van der Waals surface area contributed by atoms with Gasteiger partial charge in [-0.15, -0.1) is 8.58 Å². The maximum atomic E-state index is 4.66. The highest BCUT2D eigenvalue weighted by Crippen LogP contribution is 2.25. The van der Waals surface area contributed by atoms with Crippen LogP contribution in [0.4, 0.5) is 0 Å². The number of nitrogens with zero attached hydrogens (tertiary/aromatic N) is 3. The summed E-state index contributed by atoms with van der Waals surface area (Å²) in [6.07, 6.45) is 6.40. The van der Waals surface area contributed by atoms with Crippen molar-refractivity contribution in [2.24, 2.45) is 4.99 Å². The van der Waals surface area contributed by atoms with Gasteiger partial charge in [0.25, 0.3) is 0 Å². The van der Waals surface area contributed by atoms with E-state index in [1.807, 2.05) is 34.6 Å². The largest absolute Gasteiger partial charge is 0.356 e. The highest BCUT2D eigenvalue weighted by Gasteiger charge is 2.22. The predicted molar refractivity (Wildman–Crippen MR) is 153 cm³/mol. The van der Waals surface area contributed by atoms with Crippen molar-refractivity contribution in [1.29, 1.82) is 0 Å². The second-order valence-electron chi connectivity index (χ2n) is 7.82. The molecule has 0 spiro atoms. The van der Waals surface area contributed by atoms with Crippen LogP contribution in [0, 0.1) is 0 Å². The van der Waals surface area contributed by atoms with Crippen molar-refractivity contribution < 1.29 is 0 Å². The van der Waals surface area contributed by atoms with E-state index in [0.29, 0.717) is 4.99 Å². The minimum absolute atomic E-state index is 0.0521. The molecular weight excluding hydrogens is 419 g/mol. The van der Waals surface area contributed by atoms with Crippen molar-refractivity contribution >= 4 is 26.9 Å². The molecule has 1 saturated heterocycles. The number of allylic oxidation sites excluding steroid dienone is 1. The van der Waals surface area contributed by atoms with Gasteiger partial charge in [-0.3, -0.25) is 9.89 Å². The Hall–Kier alpha value is -0.0900. The molecule has 0 bridgehead atoms. The number of hydrogen-bond donors (Lipinski definition) is 2. The number of thiol groups is 1. The van der Waals surface area contributed by atoms with Gasteiger partial charge in [0.1, 0.15) is 0 Å². The number of piperazine rings is 1. The standard InChI is InChI=1S/C14H28N4.C6H15PS.C3H8.C2H6/c1-6-7-17-8-10-18(11-9-17)14(15-12(2)3)16-13(4)5;1-3-5-6(8)7-4-2;1-3-2;1-2/h14-15H,2,6-11H2,1,3-5H3;6-8H,3-5H2,1-2H3;3H2,1-2H3;1-2H3. The Labute approximate surface area is 204 Å². The quantitative estimate of drug-likeness (QED) is 0.200. The van der Waals surface area contributed by atoms with Gasteiger partial charge in [-0.05, 0) is 46.3 Å². The SMILES string of the molecule is C=C(C)NC(N=C(C)C)N1CCN(CCC)CC1.CC.CCC.CCCC(S)PCC. The van der Waals surface area contributed by atoms with E-state index in [-0.39, 0.29) is 6.29 Å². The van der Waals surface area contributed by atoms with E-state index in [9.17, 15) is 0 Å². The lowest BCUT2D eigenvalue weighted by Gasteiger charge is -2.38. The molecule has 4 nitrogen and oxygen atoms in total. The molecule has 0 saturated carbocycles. The molecule has 1 N–H and O–H groups in total.